The number of benzene rings is 2. The Labute approximate surface area is 188 Å². The summed E-state index contributed by atoms with van der Waals surface area (Å²) >= 11 is 6.02. The Bertz CT molecular complexity index is 1340. The fraction of sp³-hybridized carbons (Fsp3) is 0.217. The van der Waals surface area contributed by atoms with Gasteiger partial charge in [-0.05, 0) is 55.8 Å². The van der Waals surface area contributed by atoms with Gasteiger partial charge in [0.05, 0.1) is 12.5 Å². The molecular formula is C23H21ClN4O4. The van der Waals surface area contributed by atoms with E-state index in [0.717, 1.165) is 5.56 Å². The lowest BCUT2D eigenvalue weighted by Crippen LogP contribution is -2.35. The molecule has 8 nitrogen and oxygen atoms in total. The first-order valence-electron chi connectivity index (χ1n) is 10.0. The number of nitrogens with zero attached hydrogens (tertiary/aromatic N) is 3. The lowest BCUT2D eigenvalue weighted by molar-refractivity contribution is -0.119. The van der Waals surface area contributed by atoms with E-state index in [4.69, 9.17) is 20.9 Å². The van der Waals surface area contributed by atoms with Gasteiger partial charge >= 0.3 is 0 Å². The summed E-state index contributed by atoms with van der Waals surface area (Å²) in [5.74, 6) is 0.774. The molecule has 1 amide bonds. The number of anilines is 1. The van der Waals surface area contributed by atoms with Gasteiger partial charge in [0.2, 0.25) is 5.91 Å². The summed E-state index contributed by atoms with van der Waals surface area (Å²) in [6, 6.07) is 13.2. The van der Waals surface area contributed by atoms with Crippen molar-refractivity contribution in [3.05, 3.63) is 69.7 Å². The van der Waals surface area contributed by atoms with E-state index in [1.54, 1.807) is 50.4 Å². The maximum atomic E-state index is 13.2. The lowest BCUT2D eigenvalue weighted by Gasteiger charge is -2.18. The van der Waals surface area contributed by atoms with Crippen molar-refractivity contribution in [2.24, 2.45) is 0 Å². The Morgan fingerprint density at radius 1 is 1.25 bits per heavy atom. The van der Waals surface area contributed by atoms with E-state index in [9.17, 15) is 9.59 Å². The molecule has 0 aliphatic heterocycles. The molecule has 2 aromatic carbocycles. The summed E-state index contributed by atoms with van der Waals surface area (Å²) in [6.07, 6.45) is 0.337. The van der Waals surface area contributed by atoms with Gasteiger partial charge in [-0.25, -0.2) is 4.68 Å². The number of rotatable bonds is 6. The molecule has 9 heteroatoms. The van der Waals surface area contributed by atoms with E-state index in [0.29, 0.717) is 39.7 Å². The highest BCUT2D eigenvalue weighted by molar-refractivity contribution is 6.30. The molecule has 164 valence electrons. The Kier molecular flexibility index (Phi) is 5.96. The van der Waals surface area contributed by atoms with Crippen molar-refractivity contribution in [2.75, 3.05) is 12.4 Å². The highest BCUT2D eigenvalue weighted by Crippen LogP contribution is 2.29. The van der Waals surface area contributed by atoms with Gasteiger partial charge in [-0.2, -0.15) is 5.10 Å². The average Bonchev–Trinajstić information content (AvgIpc) is 3.18. The van der Waals surface area contributed by atoms with Crippen molar-refractivity contribution in [3.63, 3.8) is 0 Å². The van der Waals surface area contributed by atoms with Gasteiger partial charge in [0.15, 0.2) is 5.52 Å². The molecule has 1 atom stereocenters. The minimum Gasteiger partial charge on any atom is -0.497 e. The summed E-state index contributed by atoms with van der Waals surface area (Å²) < 4.78 is 11.7. The monoisotopic (exact) mass is 452 g/mol. The molecule has 0 radical (unpaired) electrons. The third-order valence-electron chi connectivity index (χ3n) is 5.16. The topological polar surface area (TPSA) is 99.2 Å². The number of halogens is 1. The first-order chi connectivity index (χ1) is 15.4. The number of nitrogens with one attached hydrogen (secondary N) is 1. The van der Waals surface area contributed by atoms with Gasteiger partial charge < -0.3 is 14.6 Å². The van der Waals surface area contributed by atoms with E-state index in [1.165, 1.54) is 4.68 Å². The third-order valence-corrected chi connectivity index (χ3v) is 5.39. The van der Waals surface area contributed by atoms with E-state index in [2.05, 4.69) is 15.6 Å². The number of hydrogen-bond acceptors (Lipinski definition) is 6. The van der Waals surface area contributed by atoms with Crippen molar-refractivity contribution in [2.45, 2.75) is 26.3 Å². The van der Waals surface area contributed by atoms with Crippen molar-refractivity contribution >= 4 is 34.1 Å². The Morgan fingerprint density at radius 2 is 2.00 bits per heavy atom. The summed E-state index contributed by atoms with van der Waals surface area (Å²) in [6.45, 7) is 3.53. The fourth-order valence-electron chi connectivity index (χ4n) is 3.53. The van der Waals surface area contributed by atoms with E-state index < -0.39 is 11.6 Å². The number of aryl methyl sites for hydroxylation is 1. The summed E-state index contributed by atoms with van der Waals surface area (Å²) in [4.78, 5) is 26.3. The number of carbonyl (C=O) groups excluding carboxylic acids is 1. The van der Waals surface area contributed by atoms with Gasteiger partial charge in [-0.3, -0.25) is 9.59 Å². The quantitative estimate of drug-likeness (QED) is 0.458. The molecule has 0 aliphatic carbocycles. The number of ether oxygens (including phenoxy) is 1. The van der Waals surface area contributed by atoms with E-state index in [1.807, 2.05) is 19.1 Å². The van der Waals surface area contributed by atoms with Crippen LogP contribution in [0.3, 0.4) is 0 Å². The summed E-state index contributed by atoms with van der Waals surface area (Å²) in [7, 11) is 1.58. The van der Waals surface area contributed by atoms with Crippen molar-refractivity contribution < 1.29 is 14.1 Å². The van der Waals surface area contributed by atoms with Gasteiger partial charge in [0.25, 0.3) is 5.56 Å². The molecule has 4 rings (SSSR count). The standard InChI is InChI=1S/C23H21ClN4O4/c1-4-18(22(29)25-16-7-5-6-15(24)12-16)28-23(30)21-19(13(2)32-27-21)20(26-28)14-8-10-17(31-3)11-9-14/h5-12,18H,4H2,1-3H3,(H,25,29)/t18-/m1/s1. The Morgan fingerprint density at radius 3 is 2.66 bits per heavy atom. The van der Waals surface area contributed by atoms with Crippen molar-refractivity contribution in [3.8, 4) is 17.0 Å². The smallest absolute Gasteiger partial charge is 0.297 e. The molecule has 2 heterocycles. The second-order valence-electron chi connectivity index (χ2n) is 7.21. The maximum Gasteiger partial charge on any atom is 0.297 e. The predicted octanol–water partition coefficient (Wildman–Crippen LogP) is 4.61. The van der Waals surface area contributed by atoms with Crippen LogP contribution in [-0.4, -0.2) is 28.0 Å². The van der Waals surface area contributed by atoms with Crippen LogP contribution in [0, 0.1) is 6.92 Å². The van der Waals surface area contributed by atoms with Crippen LogP contribution in [-0.2, 0) is 4.79 Å². The molecule has 0 saturated carbocycles. The molecule has 0 fully saturated rings. The molecule has 0 spiro atoms. The van der Waals surface area contributed by atoms with Gasteiger partial charge in [0, 0.05) is 16.3 Å². The number of methoxy groups -OCH3 is 1. The van der Waals surface area contributed by atoms with Crippen LogP contribution < -0.4 is 15.6 Å². The first-order valence-corrected chi connectivity index (χ1v) is 10.4. The number of hydrogen-bond donors (Lipinski definition) is 1. The number of amides is 1. The van der Waals surface area contributed by atoms with E-state index >= 15 is 0 Å². The molecule has 4 aromatic rings. The summed E-state index contributed by atoms with van der Waals surface area (Å²) in [5.41, 5.74) is 1.39. The minimum absolute atomic E-state index is 0.123. The molecule has 2 aromatic heterocycles. The van der Waals surface area contributed by atoms with Crippen molar-refractivity contribution in [1.82, 2.24) is 14.9 Å². The Balaban J connectivity index is 1.83. The van der Waals surface area contributed by atoms with Crippen LogP contribution in [0.15, 0.2) is 57.8 Å². The van der Waals surface area contributed by atoms with Crippen LogP contribution in [0.2, 0.25) is 5.02 Å². The van der Waals surface area contributed by atoms with Crippen LogP contribution in [0.4, 0.5) is 5.69 Å². The van der Waals surface area contributed by atoms with Crippen molar-refractivity contribution in [1.29, 1.82) is 0 Å². The van der Waals surface area contributed by atoms with Gasteiger partial charge in [-0.15, -0.1) is 0 Å². The highest BCUT2D eigenvalue weighted by Gasteiger charge is 2.26. The van der Waals surface area contributed by atoms with Crippen LogP contribution >= 0.6 is 11.6 Å². The fourth-order valence-corrected chi connectivity index (χ4v) is 3.72. The molecule has 0 aliphatic rings. The third kappa shape index (κ3) is 3.97. The molecule has 0 unspecified atom stereocenters. The first kappa shape index (κ1) is 21.6. The molecule has 1 N–H and O–H groups in total. The zero-order valence-electron chi connectivity index (χ0n) is 17.8. The Hall–Kier alpha value is -3.65. The maximum absolute atomic E-state index is 13.2. The van der Waals surface area contributed by atoms with Gasteiger partial charge in [0.1, 0.15) is 23.2 Å². The zero-order chi connectivity index (χ0) is 22.8. The second-order valence-corrected chi connectivity index (χ2v) is 7.65. The van der Waals surface area contributed by atoms with Gasteiger partial charge in [-0.1, -0.05) is 29.7 Å². The average molecular weight is 453 g/mol. The predicted molar refractivity (Wildman–Crippen MR) is 122 cm³/mol. The zero-order valence-corrected chi connectivity index (χ0v) is 18.5. The SMILES string of the molecule is CC[C@H](C(=O)Nc1cccc(Cl)c1)n1nc(-c2ccc(OC)cc2)c2c(C)onc2c1=O. The number of carbonyl (C=O) groups is 1. The minimum atomic E-state index is -0.861. The van der Waals surface area contributed by atoms with Crippen LogP contribution in [0.25, 0.3) is 22.2 Å². The number of aromatic nitrogens is 3. The number of fused-ring (bicyclic) bond motifs is 1. The molecule has 0 saturated heterocycles. The second kappa shape index (κ2) is 8.84. The summed E-state index contributed by atoms with van der Waals surface area (Å²) in [5, 5.41) is 12.3. The lowest BCUT2D eigenvalue weighted by atomic mass is 10.1. The molecule has 0 bridgehead atoms. The van der Waals surface area contributed by atoms with E-state index in [-0.39, 0.29) is 11.4 Å². The largest absolute Gasteiger partial charge is 0.497 e. The molecule has 32 heavy (non-hydrogen) atoms. The highest BCUT2D eigenvalue weighted by atomic mass is 35.5. The molecular weight excluding hydrogens is 432 g/mol. The normalized spacial score (nSPS) is 12.0. The van der Waals surface area contributed by atoms with Crippen LogP contribution in [0.1, 0.15) is 25.1 Å². The van der Waals surface area contributed by atoms with Crippen LogP contribution in [0.5, 0.6) is 5.75 Å².